The second-order valence-electron chi connectivity index (χ2n) is 8.73. The number of ketones is 1. The first kappa shape index (κ1) is 24.3. The Bertz CT molecular complexity index is 1420. The first-order chi connectivity index (χ1) is 18.2. The fourth-order valence-corrected chi connectivity index (χ4v) is 4.50. The molecule has 0 aliphatic carbocycles. The molecule has 1 saturated heterocycles. The number of carbonyl (C=O) groups excluding carboxylic acids is 2. The van der Waals surface area contributed by atoms with Crippen molar-refractivity contribution in [1.29, 1.82) is 0 Å². The number of piperidine rings is 1. The number of rotatable bonds is 7. The van der Waals surface area contributed by atoms with Crippen LogP contribution >= 0.6 is 0 Å². The van der Waals surface area contributed by atoms with Crippen molar-refractivity contribution in [3.63, 3.8) is 0 Å². The Morgan fingerprint density at radius 1 is 0.919 bits per heavy atom. The lowest BCUT2D eigenvalue weighted by Crippen LogP contribution is -2.34. The third kappa shape index (κ3) is 5.24. The summed E-state index contributed by atoms with van der Waals surface area (Å²) in [6.45, 7) is 1.70. The van der Waals surface area contributed by atoms with Gasteiger partial charge in [0.15, 0.2) is 11.5 Å². The van der Waals surface area contributed by atoms with Gasteiger partial charge in [-0.2, -0.15) is 0 Å². The molecule has 0 radical (unpaired) electrons. The minimum atomic E-state index is -0.669. The number of benzene rings is 3. The Kier molecular flexibility index (Phi) is 7.28. The largest absolute Gasteiger partial charge is 0.487 e. The predicted molar refractivity (Wildman–Crippen MR) is 143 cm³/mol. The van der Waals surface area contributed by atoms with Crippen molar-refractivity contribution in [2.45, 2.75) is 18.9 Å². The van der Waals surface area contributed by atoms with Crippen LogP contribution < -0.4 is 20.9 Å². The van der Waals surface area contributed by atoms with Gasteiger partial charge in [0.2, 0.25) is 0 Å². The topological polar surface area (TPSA) is 102 Å². The zero-order valence-corrected chi connectivity index (χ0v) is 20.5. The molecule has 3 aromatic carbocycles. The molecule has 1 aliphatic rings. The summed E-state index contributed by atoms with van der Waals surface area (Å²) in [6.07, 6.45) is 0.941. The van der Waals surface area contributed by atoms with Gasteiger partial charge in [-0.15, -0.1) is 0 Å². The molecule has 0 atom stereocenters. The van der Waals surface area contributed by atoms with Gasteiger partial charge in [0, 0.05) is 16.5 Å². The van der Waals surface area contributed by atoms with Crippen LogP contribution in [0, 0.1) is 0 Å². The highest BCUT2D eigenvalue weighted by Gasteiger charge is 2.28. The number of ether oxygens (including phenoxy) is 2. The molecule has 1 amide bonds. The van der Waals surface area contributed by atoms with Crippen LogP contribution in [0.15, 0.2) is 78.9 Å². The van der Waals surface area contributed by atoms with Crippen LogP contribution in [-0.2, 0) is 4.74 Å². The molecule has 8 heteroatoms. The first-order valence-corrected chi connectivity index (χ1v) is 12.2. The van der Waals surface area contributed by atoms with Crippen molar-refractivity contribution >= 4 is 28.5 Å². The third-order valence-corrected chi connectivity index (χ3v) is 6.35. The van der Waals surface area contributed by atoms with Crippen LogP contribution in [0.1, 0.15) is 28.8 Å². The maximum absolute atomic E-state index is 14.3. The molecule has 0 bridgehead atoms. The van der Waals surface area contributed by atoms with Gasteiger partial charge in [-0.1, -0.05) is 60.7 Å². The van der Waals surface area contributed by atoms with Crippen LogP contribution in [-0.4, -0.2) is 43.2 Å². The smallest absolute Gasteiger partial charge is 0.425 e. The number of fused-ring (bicyclic) bond motifs is 1. The lowest BCUT2D eigenvalue weighted by Gasteiger charge is -2.27. The van der Waals surface area contributed by atoms with Gasteiger partial charge < -0.3 is 14.8 Å². The number of hydrogen-bond donors (Lipinski definition) is 3. The number of pyridine rings is 1. The Morgan fingerprint density at radius 2 is 1.62 bits per heavy atom. The van der Waals surface area contributed by atoms with E-state index in [-0.39, 0.29) is 11.9 Å². The number of para-hydroxylation sites is 2. The van der Waals surface area contributed by atoms with Gasteiger partial charge in [0.1, 0.15) is 11.8 Å². The van der Waals surface area contributed by atoms with E-state index in [1.54, 1.807) is 24.3 Å². The minimum Gasteiger partial charge on any atom is -0.487 e. The number of amides is 1. The summed E-state index contributed by atoms with van der Waals surface area (Å²) < 4.78 is 11.3. The fraction of sp³-hybridized carbons (Fsp3) is 0.207. The molecule has 8 nitrogen and oxygen atoms in total. The lowest BCUT2D eigenvalue weighted by atomic mass is 9.94. The second-order valence-corrected chi connectivity index (χ2v) is 8.73. The molecule has 4 aromatic rings. The average Bonchev–Trinajstić information content (AvgIpc) is 2.96. The van der Waals surface area contributed by atoms with Gasteiger partial charge in [-0.3, -0.25) is 10.2 Å². The quantitative estimate of drug-likeness (QED) is 0.246. The Morgan fingerprint density at radius 3 is 2.41 bits per heavy atom. The van der Waals surface area contributed by atoms with Crippen LogP contribution in [0.5, 0.6) is 5.75 Å². The molecule has 2 heterocycles. The zero-order valence-electron chi connectivity index (χ0n) is 20.5. The second kappa shape index (κ2) is 11.1. The Hall–Kier alpha value is -4.43. The van der Waals surface area contributed by atoms with Gasteiger partial charge >= 0.3 is 6.09 Å². The highest BCUT2D eigenvalue weighted by atomic mass is 16.5. The summed E-state index contributed by atoms with van der Waals surface area (Å²) in [5.41, 5.74) is 8.68. The number of anilines is 1. The van der Waals surface area contributed by atoms with Crippen LogP contribution in [0.3, 0.4) is 0 Å². The van der Waals surface area contributed by atoms with Crippen molar-refractivity contribution in [2.75, 3.05) is 25.6 Å². The van der Waals surface area contributed by atoms with E-state index in [1.807, 2.05) is 54.6 Å². The van der Waals surface area contributed by atoms with E-state index < -0.39 is 6.09 Å². The maximum Gasteiger partial charge on any atom is 0.425 e. The molecule has 37 heavy (non-hydrogen) atoms. The number of hydrogen-bond acceptors (Lipinski definition) is 7. The Balaban J connectivity index is 1.70. The van der Waals surface area contributed by atoms with Crippen LogP contribution in [0.25, 0.3) is 22.2 Å². The predicted octanol–water partition coefficient (Wildman–Crippen LogP) is 4.95. The molecule has 3 N–H and O–H groups in total. The number of nitrogens with zero attached hydrogens (tertiary/aromatic N) is 1. The van der Waals surface area contributed by atoms with Crippen molar-refractivity contribution < 1.29 is 19.1 Å². The van der Waals surface area contributed by atoms with E-state index >= 15 is 0 Å². The average molecular weight is 497 g/mol. The summed E-state index contributed by atoms with van der Waals surface area (Å²) in [5, 5.41) is 4.06. The van der Waals surface area contributed by atoms with Crippen molar-refractivity contribution in [3.8, 4) is 17.0 Å². The van der Waals surface area contributed by atoms with E-state index in [9.17, 15) is 9.59 Å². The molecule has 0 unspecified atom stereocenters. The van der Waals surface area contributed by atoms with Crippen molar-refractivity contribution in [2.24, 2.45) is 0 Å². The lowest BCUT2D eigenvalue weighted by molar-refractivity contribution is 0.103. The summed E-state index contributed by atoms with van der Waals surface area (Å²) in [5.74, 6) is 0.229. The summed E-state index contributed by atoms with van der Waals surface area (Å²) in [6, 6.07) is 24.4. The van der Waals surface area contributed by atoms with Gasteiger partial charge in [0.05, 0.1) is 23.9 Å². The maximum atomic E-state index is 14.3. The van der Waals surface area contributed by atoms with Crippen molar-refractivity contribution in [3.05, 3.63) is 90.0 Å². The molecule has 188 valence electrons. The zero-order chi connectivity index (χ0) is 25.6. The number of methoxy groups -OCH3 is 1. The summed E-state index contributed by atoms with van der Waals surface area (Å²) in [7, 11) is 1.27. The number of carbonyl (C=O) groups is 2. The Labute approximate surface area is 215 Å². The SMILES string of the molecule is COC(=O)NNc1ccccc1C(=O)c1c(OC2CCNCC2)c(-c2ccccc2)nc2ccccc12. The standard InChI is InChI=1S/C29H28N4O4/c1-36-29(35)33-32-24-14-8-6-12-22(24)27(34)25-21-11-5-7-13-23(21)31-26(19-9-3-2-4-10-19)28(25)37-20-15-17-30-18-16-20/h2-14,20,30,32H,15-18H2,1H3,(H,33,35). The molecule has 5 rings (SSSR count). The third-order valence-electron chi connectivity index (χ3n) is 6.35. The molecule has 0 spiro atoms. The summed E-state index contributed by atoms with van der Waals surface area (Å²) in [4.78, 5) is 31.0. The van der Waals surface area contributed by atoms with Gasteiger partial charge in [0.25, 0.3) is 0 Å². The van der Waals surface area contributed by atoms with E-state index in [2.05, 4.69) is 20.9 Å². The van der Waals surface area contributed by atoms with Gasteiger partial charge in [-0.25, -0.2) is 15.2 Å². The number of nitrogens with one attached hydrogen (secondary N) is 3. The summed E-state index contributed by atoms with van der Waals surface area (Å²) >= 11 is 0. The number of hydrazine groups is 1. The monoisotopic (exact) mass is 496 g/mol. The fourth-order valence-electron chi connectivity index (χ4n) is 4.50. The highest BCUT2D eigenvalue weighted by molar-refractivity contribution is 6.21. The molecule has 1 aromatic heterocycles. The first-order valence-electron chi connectivity index (χ1n) is 12.2. The molecule has 1 aliphatic heterocycles. The van der Waals surface area contributed by atoms with Crippen LogP contribution in [0.4, 0.5) is 10.5 Å². The normalized spacial score (nSPS) is 13.6. The molecular formula is C29H28N4O4. The van der Waals surface area contributed by atoms with Gasteiger partial charge in [-0.05, 0) is 44.1 Å². The molecule has 0 saturated carbocycles. The van der Waals surface area contributed by atoms with E-state index in [1.165, 1.54) is 7.11 Å². The molecule has 1 fully saturated rings. The minimum absolute atomic E-state index is 0.0485. The van der Waals surface area contributed by atoms with Crippen LogP contribution in [0.2, 0.25) is 0 Å². The number of aromatic nitrogens is 1. The van der Waals surface area contributed by atoms with Crippen molar-refractivity contribution in [1.82, 2.24) is 15.7 Å². The highest BCUT2D eigenvalue weighted by Crippen LogP contribution is 2.39. The van der Waals surface area contributed by atoms with E-state index in [4.69, 9.17) is 9.72 Å². The molecular weight excluding hydrogens is 468 g/mol. The van der Waals surface area contributed by atoms with E-state index in [0.29, 0.717) is 39.2 Å². The van der Waals surface area contributed by atoms with E-state index in [0.717, 1.165) is 31.5 Å².